The molecule has 6 nitrogen and oxygen atoms in total. The minimum atomic E-state index is -2.07. The largest absolute Gasteiger partial charge is 0.460 e. The maximum Gasteiger partial charge on any atom is 0.336 e. The minimum absolute atomic E-state index is 0.0392. The molecule has 0 N–H and O–H groups in total. The van der Waals surface area contributed by atoms with Gasteiger partial charge in [0.25, 0.3) is 0 Å². The Labute approximate surface area is 204 Å². The highest BCUT2D eigenvalue weighted by Crippen LogP contribution is 2.43. The summed E-state index contributed by atoms with van der Waals surface area (Å²) in [7, 11) is -4.12. The third-order valence-corrected chi connectivity index (χ3v) is 17.4. The van der Waals surface area contributed by atoms with E-state index < -0.39 is 29.0 Å². The zero-order valence-corrected chi connectivity index (χ0v) is 25.4. The Morgan fingerprint density at radius 3 is 1.91 bits per heavy atom. The molecule has 2 saturated heterocycles. The van der Waals surface area contributed by atoms with Crippen LogP contribution < -0.4 is 0 Å². The van der Waals surface area contributed by atoms with E-state index in [2.05, 4.69) is 74.7 Å². The van der Waals surface area contributed by atoms with Crippen LogP contribution in [0.3, 0.4) is 0 Å². The molecule has 0 unspecified atom stereocenters. The lowest BCUT2D eigenvalue weighted by Gasteiger charge is -2.49. The van der Waals surface area contributed by atoms with Crippen LogP contribution in [0.5, 0.6) is 0 Å². The summed E-state index contributed by atoms with van der Waals surface area (Å²) in [6, 6.07) is 0. The third kappa shape index (κ3) is 6.50. The van der Waals surface area contributed by atoms with Crippen LogP contribution in [0.15, 0.2) is 0 Å². The van der Waals surface area contributed by atoms with Crippen LogP contribution in [0.2, 0.25) is 36.3 Å². The lowest BCUT2D eigenvalue weighted by atomic mass is 9.96. The summed E-state index contributed by atoms with van der Waals surface area (Å²) in [6.07, 6.45) is -0.407. The van der Waals surface area contributed by atoms with Gasteiger partial charge in [-0.15, -0.1) is 0 Å². The fourth-order valence-electron chi connectivity index (χ4n) is 4.07. The normalized spacial score (nSPS) is 34.5. The first-order valence-electron chi connectivity index (χ1n) is 12.7. The van der Waals surface area contributed by atoms with Gasteiger partial charge in [-0.3, -0.25) is 0 Å². The van der Waals surface area contributed by atoms with E-state index in [1.165, 1.54) is 0 Å². The van der Waals surface area contributed by atoms with Crippen molar-refractivity contribution in [1.29, 1.82) is 0 Å². The second kappa shape index (κ2) is 10.0. The summed E-state index contributed by atoms with van der Waals surface area (Å²) in [5.41, 5.74) is 0. The Kier molecular flexibility index (Phi) is 8.79. The topological polar surface area (TPSA) is 63.2 Å². The molecule has 33 heavy (non-hydrogen) atoms. The van der Waals surface area contributed by atoms with Gasteiger partial charge in [-0.1, -0.05) is 48.5 Å². The van der Waals surface area contributed by atoms with Crippen LogP contribution >= 0.6 is 0 Å². The molecule has 0 aromatic rings. The third-order valence-electron chi connectivity index (χ3n) is 8.41. The number of rotatable bonds is 7. The molecule has 0 amide bonds. The first-order valence-corrected chi connectivity index (χ1v) is 18.5. The van der Waals surface area contributed by atoms with Gasteiger partial charge in [0.05, 0.1) is 18.3 Å². The SMILES string of the molecule is CC[C@H]1[C@H](C)OC(=O)[C@@H]1O[C@H]1C[C@H](O[Si](C)(C)C(C)(C)C)[C@H](O[Si](C)(C)C(C)(C)C)[C@H](C)O1. The first-order chi connectivity index (χ1) is 14.8. The van der Waals surface area contributed by atoms with Crippen LogP contribution in [0.25, 0.3) is 0 Å². The number of hydrogen-bond donors (Lipinski definition) is 0. The van der Waals surface area contributed by atoms with Crippen molar-refractivity contribution >= 4 is 22.6 Å². The van der Waals surface area contributed by atoms with Gasteiger partial charge >= 0.3 is 5.97 Å². The van der Waals surface area contributed by atoms with Crippen LogP contribution in [-0.4, -0.2) is 59.4 Å². The number of hydrogen-bond acceptors (Lipinski definition) is 6. The highest BCUT2D eigenvalue weighted by molar-refractivity contribution is 6.74. The quantitative estimate of drug-likeness (QED) is 0.302. The van der Waals surface area contributed by atoms with Crippen molar-refractivity contribution < 1.29 is 27.9 Å². The zero-order valence-electron chi connectivity index (χ0n) is 23.4. The Bertz CT molecular complexity index is 681. The molecule has 0 aromatic heterocycles. The lowest BCUT2D eigenvalue weighted by molar-refractivity contribution is -0.256. The standard InChI is InChI=1S/C25H50O6Si2/c1-14-18-16(2)28-23(26)22(18)29-20-15-19(30-32(10,11)24(4,5)6)21(17(3)27-20)31-33(12,13)25(7,8)9/h16-22H,14-15H2,1-13H3/t16-,17-,18-,19-,20-,21+,22+/m0/s1. The molecule has 2 heterocycles. The number of ether oxygens (including phenoxy) is 3. The molecule has 2 fully saturated rings. The average molecular weight is 503 g/mol. The molecule has 0 saturated carbocycles. The van der Waals surface area contributed by atoms with E-state index in [1.807, 2.05) is 13.8 Å². The fourth-order valence-corrected chi connectivity index (χ4v) is 6.79. The van der Waals surface area contributed by atoms with E-state index in [0.717, 1.165) is 6.42 Å². The summed E-state index contributed by atoms with van der Waals surface area (Å²) in [4.78, 5) is 12.5. The van der Waals surface area contributed by atoms with Gasteiger partial charge in [-0.2, -0.15) is 0 Å². The molecule has 0 bridgehead atoms. The maximum absolute atomic E-state index is 12.5. The maximum atomic E-state index is 12.5. The molecule has 2 aliphatic heterocycles. The molecule has 0 spiro atoms. The summed E-state index contributed by atoms with van der Waals surface area (Å²) >= 11 is 0. The number of cyclic esters (lactones) is 1. The van der Waals surface area contributed by atoms with Crippen LogP contribution in [0.1, 0.15) is 75.2 Å². The van der Waals surface area contributed by atoms with Crippen LogP contribution in [0, 0.1) is 5.92 Å². The van der Waals surface area contributed by atoms with E-state index in [0.29, 0.717) is 6.42 Å². The second-order valence-corrected chi connectivity index (χ2v) is 22.5. The van der Waals surface area contributed by atoms with E-state index in [1.54, 1.807) is 0 Å². The zero-order chi connectivity index (χ0) is 25.6. The van der Waals surface area contributed by atoms with Gasteiger partial charge in [0.15, 0.2) is 29.0 Å². The number of carbonyl (C=O) groups is 1. The monoisotopic (exact) mass is 502 g/mol. The molecule has 0 aromatic carbocycles. The summed E-state index contributed by atoms with van der Waals surface area (Å²) in [6.45, 7) is 28.6. The molecule has 2 rings (SSSR count). The predicted molar refractivity (Wildman–Crippen MR) is 137 cm³/mol. The Hall–Kier alpha value is -0.256. The van der Waals surface area contributed by atoms with Crippen molar-refractivity contribution in [1.82, 2.24) is 0 Å². The second-order valence-electron chi connectivity index (χ2n) is 13.0. The molecular weight excluding hydrogens is 452 g/mol. The van der Waals surface area contributed by atoms with Crippen molar-refractivity contribution in [2.45, 2.75) is 148 Å². The molecule has 2 aliphatic rings. The summed E-state index contributed by atoms with van der Waals surface area (Å²) in [5.74, 6) is -0.246. The average Bonchev–Trinajstić information content (AvgIpc) is 2.88. The van der Waals surface area contributed by atoms with Crippen molar-refractivity contribution in [3.8, 4) is 0 Å². The van der Waals surface area contributed by atoms with Crippen LogP contribution in [0.4, 0.5) is 0 Å². The van der Waals surface area contributed by atoms with Crippen molar-refractivity contribution in [3.63, 3.8) is 0 Å². The minimum Gasteiger partial charge on any atom is -0.460 e. The molecule has 194 valence electrons. The van der Waals surface area contributed by atoms with Gasteiger partial charge in [0.1, 0.15) is 6.10 Å². The van der Waals surface area contributed by atoms with E-state index >= 15 is 0 Å². The highest BCUT2D eigenvalue weighted by atomic mass is 28.4. The highest BCUT2D eigenvalue weighted by Gasteiger charge is 2.51. The Balaban J connectivity index is 2.29. The van der Waals surface area contributed by atoms with Gasteiger partial charge in [0, 0.05) is 12.3 Å². The fraction of sp³-hybridized carbons (Fsp3) is 0.960. The van der Waals surface area contributed by atoms with Crippen molar-refractivity contribution in [3.05, 3.63) is 0 Å². The van der Waals surface area contributed by atoms with Gasteiger partial charge < -0.3 is 23.1 Å². The van der Waals surface area contributed by atoms with Gasteiger partial charge in [-0.25, -0.2) is 4.79 Å². The molecule has 7 atom stereocenters. The first kappa shape index (κ1) is 29.0. The van der Waals surface area contributed by atoms with Crippen molar-refractivity contribution in [2.75, 3.05) is 0 Å². The number of carbonyl (C=O) groups excluding carboxylic acids is 1. The molecule has 8 heteroatoms. The lowest BCUT2D eigenvalue weighted by Crippen LogP contribution is -2.59. The summed E-state index contributed by atoms with van der Waals surface area (Å²) in [5, 5.41) is 0.157. The molecule has 0 aliphatic carbocycles. The van der Waals surface area contributed by atoms with E-state index in [4.69, 9.17) is 23.1 Å². The molecular formula is C25H50O6Si2. The van der Waals surface area contributed by atoms with E-state index in [-0.39, 0.29) is 46.4 Å². The summed E-state index contributed by atoms with van der Waals surface area (Å²) < 4.78 is 31.9. The smallest absolute Gasteiger partial charge is 0.336 e. The van der Waals surface area contributed by atoms with Gasteiger partial charge in [-0.05, 0) is 56.5 Å². The molecule has 0 radical (unpaired) electrons. The van der Waals surface area contributed by atoms with E-state index in [9.17, 15) is 4.79 Å². The van der Waals surface area contributed by atoms with Gasteiger partial charge in [0.2, 0.25) is 0 Å². The number of esters is 1. The Morgan fingerprint density at radius 2 is 1.42 bits per heavy atom. The van der Waals surface area contributed by atoms with Crippen molar-refractivity contribution in [2.24, 2.45) is 5.92 Å². The van der Waals surface area contributed by atoms with Crippen LogP contribution in [-0.2, 0) is 27.9 Å². The predicted octanol–water partition coefficient (Wildman–Crippen LogP) is 6.26. The Morgan fingerprint density at radius 1 is 0.909 bits per heavy atom.